The molecule has 7 nitrogen and oxygen atoms in total. The molecule has 194 valence electrons. The van der Waals surface area contributed by atoms with Crippen molar-refractivity contribution in [3.05, 3.63) is 88.2 Å². The van der Waals surface area contributed by atoms with Crippen LogP contribution in [0.25, 0.3) is 11.1 Å². The number of hydrogen-bond acceptors (Lipinski definition) is 6. The predicted molar refractivity (Wildman–Crippen MR) is 138 cm³/mol. The van der Waals surface area contributed by atoms with Gasteiger partial charge in [-0.1, -0.05) is 59.6 Å². The Hall–Kier alpha value is -2.82. The van der Waals surface area contributed by atoms with Gasteiger partial charge in [0, 0.05) is 10.0 Å². The molecule has 0 amide bonds. The Kier molecular flexibility index (Phi) is 8.61. The van der Waals surface area contributed by atoms with Crippen LogP contribution in [0.1, 0.15) is 18.4 Å². The fraction of sp³-hybridized carbons (Fsp3) is 0.231. The average molecular weight is 565 g/mol. The molecule has 3 aromatic carbocycles. The zero-order chi connectivity index (χ0) is 26.6. The fourth-order valence-corrected chi connectivity index (χ4v) is 5.86. The van der Waals surface area contributed by atoms with Crippen LogP contribution in [0.3, 0.4) is 0 Å². The minimum Gasteiger partial charge on any atom is -0.391 e. The van der Waals surface area contributed by atoms with Crippen LogP contribution in [0.5, 0.6) is 0 Å². The number of benzene rings is 3. The molecule has 1 fully saturated rings. The molecule has 1 saturated heterocycles. The average Bonchev–Trinajstić information content (AvgIpc) is 3.39. The first-order valence-corrected chi connectivity index (χ1v) is 13.7. The zero-order valence-electron chi connectivity index (χ0n) is 19.4. The molecule has 0 unspecified atom stereocenters. The molecule has 0 aliphatic carbocycles. The third-order valence-electron chi connectivity index (χ3n) is 5.85. The van der Waals surface area contributed by atoms with E-state index in [1.807, 2.05) is 0 Å². The Bertz CT molecular complexity index is 1370. The van der Waals surface area contributed by atoms with Crippen LogP contribution < -0.4 is 10.0 Å². The molecule has 1 aliphatic rings. The number of ether oxygens (including phenoxy) is 1. The van der Waals surface area contributed by atoms with Gasteiger partial charge in [0.1, 0.15) is 17.9 Å². The third-order valence-corrected chi connectivity index (χ3v) is 7.73. The Morgan fingerprint density at radius 3 is 2.16 bits per heavy atom. The molecule has 1 heterocycles. The lowest BCUT2D eigenvalue weighted by molar-refractivity contribution is -0.162. The first kappa shape index (κ1) is 27.2. The van der Waals surface area contributed by atoms with Crippen LogP contribution in [0.4, 0.5) is 4.39 Å². The van der Waals surface area contributed by atoms with Crippen LogP contribution in [-0.4, -0.2) is 39.0 Å². The van der Waals surface area contributed by atoms with Crippen LogP contribution in [0, 0.1) is 5.82 Å². The summed E-state index contributed by atoms with van der Waals surface area (Å²) in [6.07, 6.45) is 1.19. The highest BCUT2D eigenvalue weighted by Crippen LogP contribution is 2.24. The predicted octanol–water partition coefficient (Wildman–Crippen LogP) is 4.51. The standard InChI is InChI=1S/C26H23Cl2FN2O5S/c27-19-13-20(28)15-22(14-19)37(34,35)31-24(26(33)36-25(32)23-2-1-11-30-23)12-16-3-5-17(6-4-16)18-7-9-21(29)10-8-18/h3-10,13-15,23-24,30-31H,1-2,11-12H2/t23-,24-/m0/s1. The third kappa shape index (κ3) is 7.15. The maximum Gasteiger partial charge on any atom is 0.332 e. The van der Waals surface area contributed by atoms with Crippen molar-refractivity contribution in [1.29, 1.82) is 0 Å². The van der Waals surface area contributed by atoms with E-state index in [9.17, 15) is 22.4 Å². The van der Waals surface area contributed by atoms with Gasteiger partial charge in [-0.15, -0.1) is 0 Å². The van der Waals surface area contributed by atoms with Crippen LogP contribution >= 0.6 is 23.2 Å². The number of rotatable bonds is 8. The van der Waals surface area contributed by atoms with E-state index in [1.54, 1.807) is 36.4 Å². The molecule has 11 heteroatoms. The summed E-state index contributed by atoms with van der Waals surface area (Å²) < 4.78 is 46.8. The molecule has 0 aromatic heterocycles. The smallest absolute Gasteiger partial charge is 0.332 e. The molecule has 1 aliphatic heterocycles. The van der Waals surface area contributed by atoms with Crippen LogP contribution in [0.2, 0.25) is 10.0 Å². The fourth-order valence-electron chi connectivity index (χ4n) is 3.95. The van der Waals surface area contributed by atoms with E-state index in [0.717, 1.165) is 17.5 Å². The van der Waals surface area contributed by atoms with Gasteiger partial charge < -0.3 is 10.1 Å². The number of carbonyl (C=O) groups is 2. The van der Waals surface area contributed by atoms with Crippen LogP contribution in [0.15, 0.2) is 71.6 Å². The maximum absolute atomic E-state index is 13.2. The molecule has 3 aromatic rings. The summed E-state index contributed by atoms with van der Waals surface area (Å²) in [7, 11) is -4.26. The molecular weight excluding hydrogens is 542 g/mol. The summed E-state index contributed by atoms with van der Waals surface area (Å²) >= 11 is 11.9. The van der Waals surface area contributed by atoms with Gasteiger partial charge in [0.25, 0.3) is 0 Å². The topological polar surface area (TPSA) is 102 Å². The first-order valence-electron chi connectivity index (χ1n) is 11.4. The van der Waals surface area contributed by atoms with Gasteiger partial charge in [-0.3, -0.25) is 0 Å². The van der Waals surface area contributed by atoms with Gasteiger partial charge >= 0.3 is 11.9 Å². The lowest BCUT2D eigenvalue weighted by Crippen LogP contribution is -2.45. The van der Waals surface area contributed by atoms with Crippen molar-refractivity contribution >= 4 is 45.2 Å². The zero-order valence-corrected chi connectivity index (χ0v) is 21.7. The minimum atomic E-state index is -4.26. The molecule has 0 bridgehead atoms. The number of carbonyl (C=O) groups excluding carboxylic acids is 2. The molecule has 0 spiro atoms. The van der Waals surface area contributed by atoms with E-state index in [4.69, 9.17) is 27.9 Å². The SMILES string of the molecule is O=C(OC(=O)[C@H](Cc1ccc(-c2ccc(F)cc2)cc1)NS(=O)(=O)c1cc(Cl)cc(Cl)c1)[C@@H]1CCCN1. The maximum atomic E-state index is 13.2. The van der Waals surface area contributed by atoms with Gasteiger partial charge in [0.2, 0.25) is 10.0 Å². The van der Waals surface area contributed by atoms with E-state index < -0.39 is 34.0 Å². The molecule has 2 atom stereocenters. The summed E-state index contributed by atoms with van der Waals surface area (Å²) in [5, 5.41) is 3.15. The van der Waals surface area contributed by atoms with Crippen LogP contribution in [-0.2, 0) is 30.8 Å². The highest BCUT2D eigenvalue weighted by Gasteiger charge is 2.32. The Morgan fingerprint density at radius 2 is 1.59 bits per heavy atom. The van der Waals surface area contributed by atoms with Crippen molar-refractivity contribution in [2.24, 2.45) is 0 Å². The van der Waals surface area contributed by atoms with E-state index >= 15 is 0 Å². The van der Waals surface area contributed by atoms with E-state index in [2.05, 4.69) is 10.0 Å². The normalized spacial score (nSPS) is 16.4. The second kappa shape index (κ2) is 11.7. The van der Waals surface area contributed by atoms with Crippen molar-refractivity contribution < 1.29 is 27.1 Å². The highest BCUT2D eigenvalue weighted by molar-refractivity contribution is 7.89. The van der Waals surface area contributed by atoms with Crippen molar-refractivity contribution in [2.45, 2.75) is 36.2 Å². The highest BCUT2D eigenvalue weighted by atomic mass is 35.5. The molecule has 0 saturated carbocycles. The van der Waals surface area contributed by atoms with Gasteiger partial charge in [-0.25, -0.2) is 22.4 Å². The Morgan fingerprint density at radius 1 is 1.00 bits per heavy atom. The summed E-state index contributed by atoms with van der Waals surface area (Å²) in [5.41, 5.74) is 2.20. The second-order valence-corrected chi connectivity index (χ2v) is 11.2. The summed E-state index contributed by atoms with van der Waals surface area (Å²) in [4.78, 5) is 25.2. The van der Waals surface area contributed by atoms with E-state index in [-0.39, 0.29) is 27.2 Å². The molecule has 0 radical (unpaired) electrons. The van der Waals surface area contributed by atoms with Crippen molar-refractivity contribution in [1.82, 2.24) is 10.0 Å². The largest absolute Gasteiger partial charge is 0.391 e. The quantitative estimate of drug-likeness (QED) is 0.308. The van der Waals surface area contributed by atoms with Crippen molar-refractivity contribution in [2.75, 3.05) is 6.54 Å². The lowest BCUT2D eigenvalue weighted by Gasteiger charge is -2.19. The van der Waals surface area contributed by atoms with E-state index in [0.29, 0.717) is 18.5 Å². The Balaban J connectivity index is 1.57. The van der Waals surface area contributed by atoms with Gasteiger partial charge in [-0.05, 0) is 72.8 Å². The molecule has 2 N–H and O–H groups in total. The molecule has 4 rings (SSSR count). The molecule has 37 heavy (non-hydrogen) atoms. The first-order chi connectivity index (χ1) is 17.6. The van der Waals surface area contributed by atoms with Crippen molar-refractivity contribution in [3.8, 4) is 11.1 Å². The Labute approximate surface area is 224 Å². The monoisotopic (exact) mass is 564 g/mol. The minimum absolute atomic E-state index is 0.0958. The summed E-state index contributed by atoms with van der Waals surface area (Å²) in [5.74, 6) is -2.14. The number of halogens is 3. The summed E-state index contributed by atoms with van der Waals surface area (Å²) in [6, 6.07) is 14.7. The van der Waals surface area contributed by atoms with E-state index in [1.165, 1.54) is 30.3 Å². The van der Waals surface area contributed by atoms with Gasteiger partial charge in [0.05, 0.1) is 4.90 Å². The number of hydrogen-bond donors (Lipinski definition) is 2. The molecular formula is C26H23Cl2FN2O5S. The second-order valence-electron chi connectivity index (χ2n) is 8.58. The number of nitrogens with one attached hydrogen (secondary N) is 2. The van der Waals surface area contributed by atoms with Gasteiger partial charge in [-0.2, -0.15) is 4.72 Å². The summed E-state index contributed by atoms with van der Waals surface area (Å²) in [6.45, 7) is 0.625. The van der Waals surface area contributed by atoms with Crippen molar-refractivity contribution in [3.63, 3.8) is 0 Å². The lowest BCUT2D eigenvalue weighted by atomic mass is 10.0. The number of esters is 2. The number of sulfonamides is 1. The van der Waals surface area contributed by atoms with Gasteiger partial charge in [0.15, 0.2) is 0 Å².